The monoisotopic (exact) mass is 313 g/mol. The maximum absolute atomic E-state index is 12.4. The zero-order valence-corrected chi connectivity index (χ0v) is 13.8. The van der Waals surface area contributed by atoms with Crippen LogP contribution in [0.4, 0.5) is 0 Å². The number of aryl methyl sites for hydroxylation is 3. The number of rotatable bonds is 4. The molecule has 0 saturated carbocycles. The third-order valence-electron chi connectivity index (χ3n) is 3.24. The predicted molar refractivity (Wildman–Crippen MR) is 91.8 cm³/mol. The molecule has 0 aliphatic rings. The van der Waals surface area contributed by atoms with Crippen molar-refractivity contribution in [1.29, 1.82) is 0 Å². The van der Waals surface area contributed by atoms with Crippen LogP contribution >= 0.6 is 0 Å². The lowest BCUT2D eigenvalue weighted by Crippen LogP contribution is -2.03. The molecular formula is C18H19NO2S. The molecule has 0 aromatic heterocycles. The summed E-state index contributed by atoms with van der Waals surface area (Å²) in [6.45, 7) is 5.53. The van der Waals surface area contributed by atoms with E-state index >= 15 is 0 Å². The summed E-state index contributed by atoms with van der Waals surface area (Å²) in [4.78, 5) is 0.294. The lowest BCUT2D eigenvalue weighted by atomic mass is 10.1. The summed E-state index contributed by atoms with van der Waals surface area (Å²) >= 11 is 0. The summed E-state index contributed by atoms with van der Waals surface area (Å²) < 4.78 is 28.5. The molecule has 0 aliphatic carbocycles. The molecule has 2 rings (SSSR count). The second-order valence-corrected chi connectivity index (χ2v) is 6.80. The van der Waals surface area contributed by atoms with E-state index in [-0.39, 0.29) is 0 Å². The van der Waals surface area contributed by atoms with Gasteiger partial charge in [-0.1, -0.05) is 54.1 Å². The third kappa shape index (κ3) is 3.92. The highest BCUT2D eigenvalue weighted by molar-refractivity contribution is 7.90. The Kier molecular flexibility index (Phi) is 4.93. The summed E-state index contributed by atoms with van der Waals surface area (Å²) in [6.07, 6.45) is 4.76. The molecule has 0 aliphatic heterocycles. The van der Waals surface area contributed by atoms with E-state index in [1.165, 1.54) is 6.21 Å². The zero-order valence-electron chi connectivity index (χ0n) is 12.9. The molecule has 0 atom stereocenters. The summed E-state index contributed by atoms with van der Waals surface area (Å²) in [5.41, 5.74) is 3.49. The van der Waals surface area contributed by atoms with Crippen molar-refractivity contribution in [1.82, 2.24) is 0 Å². The molecule has 2 aromatic carbocycles. The molecule has 3 nitrogen and oxygen atoms in total. The molecule has 0 heterocycles. The number of hydrogen-bond donors (Lipinski definition) is 0. The van der Waals surface area contributed by atoms with E-state index < -0.39 is 10.0 Å². The smallest absolute Gasteiger partial charge is 0.199 e. The average molecular weight is 313 g/mol. The van der Waals surface area contributed by atoms with Crippen LogP contribution in [0.3, 0.4) is 0 Å². The molecule has 4 heteroatoms. The summed E-state index contributed by atoms with van der Waals surface area (Å²) in [5, 5.41) is 0. The van der Waals surface area contributed by atoms with E-state index in [4.69, 9.17) is 0 Å². The number of benzene rings is 2. The van der Waals surface area contributed by atoms with Crippen molar-refractivity contribution >= 4 is 22.3 Å². The van der Waals surface area contributed by atoms with Crippen LogP contribution in [0.25, 0.3) is 6.08 Å². The van der Waals surface area contributed by atoms with Gasteiger partial charge in [0.1, 0.15) is 0 Å². The first kappa shape index (κ1) is 16.2. The lowest BCUT2D eigenvalue weighted by molar-refractivity contribution is 0.597. The van der Waals surface area contributed by atoms with Crippen molar-refractivity contribution in [2.24, 2.45) is 4.40 Å². The Balaban J connectivity index is 2.25. The fraction of sp³-hybridized carbons (Fsp3) is 0.167. The van der Waals surface area contributed by atoms with Crippen LogP contribution in [0.15, 0.2) is 57.8 Å². The van der Waals surface area contributed by atoms with Crippen LogP contribution in [0.5, 0.6) is 0 Å². The SMILES string of the molecule is Cc1cc(C)c(S(=O)(=O)/N=C/C=C/c2ccccc2)c(C)c1. The minimum absolute atomic E-state index is 0.294. The van der Waals surface area contributed by atoms with Crippen LogP contribution < -0.4 is 0 Å². The van der Waals surface area contributed by atoms with E-state index in [9.17, 15) is 8.42 Å². The molecular weight excluding hydrogens is 294 g/mol. The number of allylic oxidation sites excluding steroid dienone is 1. The predicted octanol–water partition coefficient (Wildman–Crippen LogP) is 4.08. The van der Waals surface area contributed by atoms with E-state index in [0.29, 0.717) is 4.90 Å². The maximum atomic E-state index is 12.4. The molecule has 2 aromatic rings. The molecule has 22 heavy (non-hydrogen) atoms. The number of sulfonamides is 1. The molecule has 0 fully saturated rings. The average Bonchev–Trinajstić information content (AvgIpc) is 2.43. The fourth-order valence-corrected chi connectivity index (χ4v) is 3.73. The molecule has 0 spiro atoms. The van der Waals surface area contributed by atoms with Gasteiger partial charge < -0.3 is 0 Å². The van der Waals surface area contributed by atoms with Crippen LogP contribution in [-0.2, 0) is 10.0 Å². The van der Waals surface area contributed by atoms with E-state index in [2.05, 4.69) is 4.40 Å². The summed E-state index contributed by atoms with van der Waals surface area (Å²) in [7, 11) is -3.67. The van der Waals surface area contributed by atoms with E-state index in [1.54, 1.807) is 19.9 Å². The van der Waals surface area contributed by atoms with Gasteiger partial charge in [-0.05, 0) is 43.5 Å². The first-order valence-corrected chi connectivity index (χ1v) is 8.44. The van der Waals surface area contributed by atoms with Gasteiger partial charge in [0.15, 0.2) is 0 Å². The second-order valence-electron chi connectivity index (χ2n) is 5.23. The van der Waals surface area contributed by atoms with Gasteiger partial charge in [-0.25, -0.2) is 0 Å². The Morgan fingerprint density at radius 1 is 0.955 bits per heavy atom. The van der Waals surface area contributed by atoms with Crippen molar-refractivity contribution in [2.75, 3.05) is 0 Å². The minimum Gasteiger partial charge on any atom is -0.199 e. The molecule has 0 radical (unpaired) electrons. The lowest BCUT2D eigenvalue weighted by Gasteiger charge is -2.08. The number of hydrogen-bond acceptors (Lipinski definition) is 2. The minimum atomic E-state index is -3.67. The Morgan fingerprint density at radius 3 is 2.14 bits per heavy atom. The Morgan fingerprint density at radius 2 is 1.55 bits per heavy atom. The van der Waals surface area contributed by atoms with Crippen molar-refractivity contribution in [3.05, 3.63) is 70.8 Å². The van der Waals surface area contributed by atoms with Gasteiger partial charge in [0.25, 0.3) is 10.0 Å². The first-order valence-electron chi connectivity index (χ1n) is 7.00. The standard InChI is InChI=1S/C18H19NO2S/c1-14-12-15(2)18(16(3)13-14)22(20,21)19-11-7-10-17-8-5-4-6-9-17/h4-13H,1-3H3/b10-7+,19-11+. The van der Waals surface area contributed by atoms with E-state index in [1.807, 2.05) is 55.5 Å². The van der Waals surface area contributed by atoms with Crippen LogP contribution in [0, 0.1) is 20.8 Å². The van der Waals surface area contributed by atoms with Crippen LogP contribution in [-0.4, -0.2) is 14.6 Å². The van der Waals surface area contributed by atoms with Crippen molar-refractivity contribution in [3.8, 4) is 0 Å². The van der Waals surface area contributed by atoms with Crippen molar-refractivity contribution < 1.29 is 8.42 Å². The largest absolute Gasteiger partial charge is 0.282 e. The molecule has 0 saturated heterocycles. The van der Waals surface area contributed by atoms with Gasteiger partial charge in [0, 0.05) is 6.21 Å². The Labute approximate surface area is 132 Å². The molecule has 114 valence electrons. The zero-order chi connectivity index (χ0) is 16.2. The molecule has 0 bridgehead atoms. The molecule has 0 amide bonds. The summed E-state index contributed by atoms with van der Waals surface area (Å²) in [6, 6.07) is 13.4. The van der Waals surface area contributed by atoms with Crippen molar-refractivity contribution in [2.45, 2.75) is 25.7 Å². The van der Waals surface area contributed by atoms with Gasteiger partial charge in [-0.15, -0.1) is 0 Å². The Bertz CT molecular complexity index is 796. The normalized spacial score (nSPS) is 12.3. The highest BCUT2D eigenvalue weighted by atomic mass is 32.2. The third-order valence-corrected chi connectivity index (χ3v) is 4.80. The maximum Gasteiger partial charge on any atom is 0.282 e. The van der Waals surface area contributed by atoms with Gasteiger partial charge in [-0.2, -0.15) is 12.8 Å². The van der Waals surface area contributed by atoms with Gasteiger partial charge in [0.2, 0.25) is 0 Å². The van der Waals surface area contributed by atoms with Crippen molar-refractivity contribution in [3.63, 3.8) is 0 Å². The van der Waals surface area contributed by atoms with E-state index in [0.717, 1.165) is 22.3 Å². The van der Waals surface area contributed by atoms with Gasteiger partial charge in [-0.3, -0.25) is 0 Å². The highest BCUT2D eigenvalue weighted by Crippen LogP contribution is 2.23. The first-order chi connectivity index (χ1) is 10.4. The summed E-state index contributed by atoms with van der Waals surface area (Å²) in [5.74, 6) is 0. The van der Waals surface area contributed by atoms with Crippen LogP contribution in [0.2, 0.25) is 0 Å². The Hall–Kier alpha value is -2.20. The molecule has 0 N–H and O–H groups in total. The molecule has 0 unspecified atom stereocenters. The number of nitrogens with zero attached hydrogens (tertiary/aromatic N) is 1. The highest BCUT2D eigenvalue weighted by Gasteiger charge is 2.17. The quantitative estimate of drug-likeness (QED) is 0.798. The second kappa shape index (κ2) is 6.71. The van der Waals surface area contributed by atoms with Gasteiger partial charge in [0.05, 0.1) is 4.90 Å². The fourth-order valence-electron chi connectivity index (χ4n) is 2.46. The topological polar surface area (TPSA) is 46.5 Å². The van der Waals surface area contributed by atoms with Gasteiger partial charge >= 0.3 is 0 Å². The van der Waals surface area contributed by atoms with Crippen LogP contribution in [0.1, 0.15) is 22.3 Å².